The minimum absolute atomic E-state index is 0.219. The molecule has 0 radical (unpaired) electrons. The molecule has 138 valence electrons. The molecule has 0 amide bonds. The van der Waals surface area contributed by atoms with Gasteiger partial charge in [0.2, 0.25) is 6.10 Å². The van der Waals surface area contributed by atoms with Gasteiger partial charge in [0.1, 0.15) is 4.90 Å². The molecule has 0 bridgehead atoms. The largest absolute Gasteiger partial charge is 0.463 e. The number of hydrogen-bond acceptors (Lipinski definition) is 7. The summed E-state index contributed by atoms with van der Waals surface area (Å²) in [5.74, 6) is -0.756. The average molecular weight is 378 g/mol. The summed E-state index contributed by atoms with van der Waals surface area (Å²) in [6.07, 6.45) is 0.634. The number of esters is 2. The molecule has 0 unspecified atom stereocenters. The lowest BCUT2D eigenvalue weighted by atomic mass is 9.96. The number of likely N-dealkylation sites (tertiary alicyclic amines) is 1. The van der Waals surface area contributed by atoms with Crippen molar-refractivity contribution in [3.05, 3.63) is 29.8 Å². The van der Waals surface area contributed by atoms with Crippen LogP contribution in [0.5, 0.6) is 0 Å². The monoisotopic (exact) mass is 378 g/mol. The van der Waals surface area contributed by atoms with Crippen LogP contribution < -0.4 is 0 Å². The predicted octanol–water partition coefficient (Wildman–Crippen LogP) is 0.706. The van der Waals surface area contributed by atoms with Gasteiger partial charge < -0.3 is 14.4 Å². The van der Waals surface area contributed by atoms with Gasteiger partial charge in [0.15, 0.2) is 5.84 Å². The Kier molecular flexibility index (Phi) is 4.18. The number of nitrogens with zero attached hydrogens (tertiary/aromatic N) is 2. The van der Waals surface area contributed by atoms with Crippen molar-refractivity contribution < 1.29 is 27.5 Å². The number of carbonyl (C=O) groups excluding carboxylic acids is 2. The molecular formula is C17H18N2O6S. The first-order valence-electron chi connectivity index (χ1n) is 8.52. The van der Waals surface area contributed by atoms with Crippen LogP contribution in [0.15, 0.2) is 33.6 Å². The Morgan fingerprint density at radius 2 is 1.92 bits per heavy atom. The van der Waals surface area contributed by atoms with Crippen molar-refractivity contribution in [1.82, 2.24) is 4.90 Å². The van der Waals surface area contributed by atoms with Crippen LogP contribution in [0.1, 0.15) is 24.8 Å². The van der Waals surface area contributed by atoms with Crippen molar-refractivity contribution in [3.8, 4) is 0 Å². The van der Waals surface area contributed by atoms with E-state index in [1.54, 1.807) is 24.3 Å². The number of cyclic esters (lactones) is 1. The van der Waals surface area contributed by atoms with E-state index in [9.17, 15) is 18.0 Å². The van der Waals surface area contributed by atoms with E-state index < -0.39 is 28.1 Å². The van der Waals surface area contributed by atoms with Crippen molar-refractivity contribution >= 4 is 27.8 Å². The quantitative estimate of drug-likeness (QED) is 0.698. The van der Waals surface area contributed by atoms with Crippen molar-refractivity contribution in [1.29, 1.82) is 0 Å². The maximum absolute atomic E-state index is 12.3. The van der Waals surface area contributed by atoms with Crippen molar-refractivity contribution in [3.63, 3.8) is 0 Å². The highest BCUT2D eigenvalue weighted by atomic mass is 32.2. The minimum atomic E-state index is -3.65. The highest BCUT2D eigenvalue weighted by Crippen LogP contribution is 2.30. The number of sulfonamides is 1. The summed E-state index contributed by atoms with van der Waals surface area (Å²) >= 11 is 0. The second-order valence-corrected chi connectivity index (χ2v) is 8.10. The fraction of sp³-hybridized carbons (Fsp3) is 0.471. The molecule has 0 N–H and O–H groups in total. The van der Waals surface area contributed by atoms with Gasteiger partial charge in [-0.1, -0.05) is 12.1 Å². The van der Waals surface area contributed by atoms with Gasteiger partial charge in [0.25, 0.3) is 10.0 Å². The third kappa shape index (κ3) is 2.96. The van der Waals surface area contributed by atoms with Gasteiger partial charge in [-0.3, -0.25) is 4.79 Å². The van der Waals surface area contributed by atoms with Gasteiger partial charge in [-0.2, -0.15) is 8.42 Å². The molecule has 1 aromatic carbocycles. The Hall–Kier alpha value is -2.42. The average Bonchev–Trinajstić information content (AvgIpc) is 3.16. The first-order chi connectivity index (χ1) is 12.5. The van der Waals surface area contributed by atoms with Gasteiger partial charge in [-0.05, 0) is 25.0 Å². The van der Waals surface area contributed by atoms with Gasteiger partial charge in [0.05, 0.1) is 12.5 Å². The van der Waals surface area contributed by atoms with Crippen LogP contribution in [0.25, 0.3) is 0 Å². The molecule has 1 aromatic rings. The normalized spacial score (nSPS) is 24.8. The Labute approximate surface area is 150 Å². The first-order valence-corrected chi connectivity index (χ1v) is 9.96. The summed E-state index contributed by atoms with van der Waals surface area (Å²) in [5, 5.41) is 0. The number of fused-ring (bicyclic) bond motifs is 1. The second-order valence-electron chi connectivity index (χ2n) is 6.53. The molecule has 3 aliphatic rings. The molecule has 1 atom stereocenters. The summed E-state index contributed by atoms with van der Waals surface area (Å²) < 4.78 is 38.3. The summed E-state index contributed by atoms with van der Waals surface area (Å²) in [6.45, 7) is 1.28. The van der Waals surface area contributed by atoms with E-state index in [4.69, 9.17) is 9.47 Å². The topological polar surface area (TPSA) is 102 Å². The predicted molar refractivity (Wildman–Crippen MR) is 89.9 cm³/mol. The summed E-state index contributed by atoms with van der Waals surface area (Å²) in [4.78, 5) is 25.8. The maximum atomic E-state index is 12.3. The van der Waals surface area contributed by atoms with E-state index in [2.05, 4.69) is 4.40 Å². The molecule has 0 aromatic heterocycles. The van der Waals surface area contributed by atoms with Gasteiger partial charge in [-0.25, -0.2) is 4.79 Å². The fourth-order valence-electron chi connectivity index (χ4n) is 3.46. The van der Waals surface area contributed by atoms with Crippen molar-refractivity contribution in [2.24, 2.45) is 10.3 Å². The summed E-state index contributed by atoms with van der Waals surface area (Å²) in [5.41, 5.74) is 0.599. The summed E-state index contributed by atoms with van der Waals surface area (Å²) in [7, 11) is -3.65. The molecule has 2 fully saturated rings. The molecule has 2 saturated heterocycles. The molecule has 9 heteroatoms. The van der Waals surface area contributed by atoms with Gasteiger partial charge in [0, 0.05) is 25.1 Å². The van der Waals surface area contributed by atoms with Crippen LogP contribution in [0, 0.1) is 5.92 Å². The maximum Gasteiger partial charge on any atom is 0.347 e. The standard InChI is InChI=1S/C17H18N2O6S/c20-16(25-13-7-10-24-17(13)21)11-5-8-19(9-6-11)15-12-3-1-2-4-14(12)26(22,23)18-15/h1-4,11,13H,5-10H2/t13-/m1/s1. The second kappa shape index (κ2) is 6.39. The van der Waals surface area contributed by atoms with E-state index in [1.165, 1.54) is 0 Å². The number of rotatable bonds is 2. The first kappa shape index (κ1) is 17.0. The van der Waals surface area contributed by atoms with Crippen LogP contribution in [-0.4, -0.2) is 56.9 Å². The lowest BCUT2D eigenvalue weighted by Gasteiger charge is -2.32. The molecule has 0 spiro atoms. The minimum Gasteiger partial charge on any atom is -0.463 e. The van der Waals surface area contributed by atoms with E-state index in [0.717, 1.165) is 0 Å². The highest BCUT2D eigenvalue weighted by Gasteiger charge is 2.37. The molecular weight excluding hydrogens is 360 g/mol. The number of carbonyl (C=O) groups is 2. The molecule has 3 aliphatic heterocycles. The van der Waals surface area contributed by atoms with Crippen LogP contribution >= 0.6 is 0 Å². The molecule has 8 nitrogen and oxygen atoms in total. The number of benzene rings is 1. The highest BCUT2D eigenvalue weighted by molar-refractivity contribution is 7.90. The van der Waals surface area contributed by atoms with Crippen LogP contribution in [-0.2, 0) is 29.1 Å². The Bertz CT molecular complexity index is 886. The Morgan fingerprint density at radius 1 is 1.19 bits per heavy atom. The fourth-order valence-corrected chi connectivity index (χ4v) is 4.69. The van der Waals surface area contributed by atoms with E-state index in [1.807, 2.05) is 4.90 Å². The zero-order valence-electron chi connectivity index (χ0n) is 14.0. The Morgan fingerprint density at radius 3 is 2.62 bits per heavy atom. The van der Waals surface area contributed by atoms with Gasteiger partial charge >= 0.3 is 11.9 Å². The molecule has 26 heavy (non-hydrogen) atoms. The summed E-state index contributed by atoms with van der Waals surface area (Å²) in [6, 6.07) is 6.74. The molecule has 3 heterocycles. The molecule has 4 rings (SSSR count). The zero-order chi connectivity index (χ0) is 18.3. The lowest BCUT2D eigenvalue weighted by molar-refractivity contribution is -0.164. The van der Waals surface area contributed by atoms with E-state index >= 15 is 0 Å². The Balaban J connectivity index is 1.41. The number of piperidine rings is 1. The van der Waals surface area contributed by atoms with E-state index in [0.29, 0.717) is 43.8 Å². The molecule has 0 saturated carbocycles. The van der Waals surface area contributed by atoms with Crippen LogP contribution in [0.3, 0.4) is 0 Å². The number of amidine groups is 1. The third-order valence-electron chi connectivity index (χ3n) is 4.89. The van der Waals surface area contributed by atoms with Crippen LogP contribution in [0.4, 0.5) is 0 Å². The zero-order valence-corrected chi connectivity index (χ0v) is 14.8. The lowest BCUT2D eigenvalue weighted by Crippen LogP contribution is -2.41. The smallest absolute Gasteiger partial charge is 0.347 e. The molecule has 0 aliphatic carbocycles. The van der Waals surface area contributed by atoms with Crippen molar-refractivity contribution in [2.75, 3.05) is 19.7 Å². The van der Waals surface area contributed by atoms with E-state index in [-0.39, 0.29) is 17.4 Å². The number of hydrogen-bond donors (Lipinski definition) is 0. The SMILES string of the molecule is O=C(O[C@@H]1CCOC1=O)C1CCN(C2=NS(=O)(=O)c3ccccc32)CC1. The third-order valence-corrected chi connectivity index (χ3v) is 6.21. The van der Waals surface area contributed by atoms with Gasteiger partial charge in [-0.15, -0.1) is 4.40 Å². The number of ether oxygens (including phenoxy) is 2. The van der Waals surface area contributed by atoms with Crippen LogP contribution in [0.2, 0.25) is 0 Å². The van der Waals surface area contributed by atoms with Crippen molar-refractivity contribution in [2.45, 2.75) is 30.3 Å².